The number of ether oxygens (including phenoxy) is 1. The molecule has 0 aliphatic heterocycles. The summed E-state index contributed by atoms with van der Waals surface area (Å²) in [6.07, 6.45) is 0. The topological polar surface area (TPSA) is 70.6 Å². The van der Waals surface area contributed by atoms with Gasteiger partial charge in [0.05, 0.1) is 6.61 Å². The van der Waals surface area contributed by atoms with Crippen molar-refractivity contribution in [3.63, 3.8) is 0 Å². The molecule has 0 aliphatic rings. The summed E-state index contributed by atoms with van der Waals surface area (Å²) < 4.78 is 5.46. The van der Waals surface area contributed by atoms with E-state index in [0.717, 1.165) is 11.3 Å². The number of rotatable bonds is 7. The molecule has 0 heterocycles. The van der Waals surface area contributed by atoms with Gasteiger partial charge in [-0.25, -0.2) is 4.79 Å². The van der Waals surface area contributed by atoms with Crippen molar-refractivity contribution < 1.29 is 14.6 Å². The molecular formula is C19H24N2O3. The number of nitrogens with one attached hydrogen (secondary N) is 2. The van der Waals surface area contributed by atoms with E-state index < -0.39 is 0 Å². The molecule has 2 amide bonds. The zero-order valence-corrected chi connectivity index (χ0v) is 14.1. The number of amides is 2. The second-order valence-corrected chi connectivity index (χ2v) is 5.77. The van der Waals surface area contributed by atoms with E-state index in [2.05, 4.69) is 24.5 Å². The van der Waals surface area contributed by atoms with Gasteiger partial charge in [0.2, 0.25) is 0 Å². The van der Waals surface area contributed by atoms with Crippen LogP contribution in [0.2, 0.25) is 0 Å². The largest absolute Gasteiger partial charge is 0.491 e. The molecule has 128 valence electrons. The van der Waals surface area contributed by atoms with E-state index >= 15 is 0 Å². The summed E-state index contributed by atoms with van der Waals surface area (Å²) in [5, 5.41) is 14.5. The number of hydrogen-bond donors (Lipinski definition) is 3. The van der Waals surface area contributed by atoms with Gasteiger partial charge in [0.25, 0.3) is 0 Å². The van der Waals surface area contributed by atoms with Crippen LogP contribution in [0.4, 0.5) is 10.5 Å². The molecule has 0 saturated carbocycles. The fourth-order valence-electron chi connectivity index (χ4n) is 2.27. The van der Waals surface area contributed by atoms with Crippen LogP contribution in [0.15, 0.2) is 48.5 Å². The molecule has 0 spiro atoms. The van der Waals surface area contributed by atoms with Gasteiger partial charge in [0, 0.05) is 17.8 Å². The molecule has 24 heavy (non-hydrogen) atoms. The smallest absolute Gasteiger partial charge is 0.319 e. The number of benzene rings is 2. The van der Waals surface area contributed by atoms with Crippen LogP contribution in [0.1, 0.15) is 30.9 Å². The van der Waals surface area contributed by atoms with Crippen LogP contribution in [0.25, 0.3) is 0 Å². The minimum atomic E-state index is -0.270. The van der Waals surface area contributed by atoms with Gasteiger partial charge in [-0.1, -0.05) is 44.2 Å². The summed E-state index contributed by atoms with van der Waals surface area (Å²) >= 11 is 0. The van der Waals surface area contributed by atoms with Crippen molar-refractivity contribution in [2.24, 2.45) is 0 Å². The monoisotopic (exact) mass is 328 g/mol. The first-order chi connectivity index (χ1) is 11.6. The van der Waals surface area contributed by atoms with Crippen LogP contribution in [-0.2, 0) is 6.54 Å². The van der Waals surface area contributed by atoms with Crippen molar-refractivity contribution in [3.05, 3.63) is 59.7 Å². The Kier molecular flexibility index (Phi) is 6.63. The van der Waals surface area contributed by atoms with E-state index in [0.29, 0.717) is 18.2 Å². The minimum absolute atomic E-state index is 0.0472. The fourth-order valence-corrected chi connectivity index (χ4v) is 2.27. The van der Waals surface area contributed by atoms with Gasteiger partial charge in [-0.3, -0.25) is 0 Å². The maximum atomic E-state index is 12.1. The zero-order valence-electron chi connectivity index (χ0n) is 14.1. The predicted molar refractivity (Wildman–Crippen MR) is 95.4 cm³/mol. The second kappa shape index (κ2) is 8.93. The van der Waals surface area contributed by atoms with E-state index in [-0.39, 0.29) is 19.2 Å². The number of carbonyl (C=O) groups is 1. The number of aliphatic hydroxyl groups excluding tert-OH is 1. The highest BCUT2D eigenvalue weighted by Crippen LogP contribution is 2.19. The van der Waals surface area contributed by atoms with Crippen molar-refractivity contribution in [3.8, 4) is 5.75 Å². The second-order valence-electron chi connectivity index (χ2n) is 5.77. The lowest BCUT2D eigenvalue weighted by molar-refractivity contribution is 0.200. The summed E-state index contributed by atoms with van der Waals surface area (Å²) in [6, 6.07) is 15.0. The number of hydrogen-bond acceptors (Lipinski definition) is 3. The van der Waals surface area contributed by atoms with E-state index in [9.17, 15) is 4.79 Å². The Labute approximate surface area is 142 Å². The molecule has 0 bridgehead atoms. The molecule has 0 fully saturated rings. The predicted octanol–water partition coefficient (Wildman–Crippen LogP) is 3.50. The Morgan fingerprint density at radius 2 is 1.96 bits per heavy atom. The van der Waals surface area contributed by atoms with E-state index in [1.165, 1.54) is 5.56 Å². The molecule has 0 radical (unpaired) electrons. The number of anilines is 1. The van der Waals surface area contributed by atoms with Crippen LogP contribution >= 0.6 is 0 Å². The Hall–Kier alpha value is -2.53. The SMILES string of the molecule is CC(C)c1cccc(NC(=O)NCc2ccccc2OCCO)c1. The Morgan fingerprint density at radius 3 is 2.71 bits per heavy atom. The highest BCUT2D eigenvalue weighted by molar-refractivity contribution is 5.89. The molecule has 0 aliphatic carbocycles. The molecule has 3 N–H and O–H groups in total. The number of carbonyl (C=O) groups excluding carboxylic acids is 1. The highest BCUT2D eigenvalue weighted by Gasteiger charge is 2.07. The molecule has 0 saturated heterocycles. The first kappa shape index (κ1) is 17.8. The summed E-state index contributed by atoms with van der Waals surface area (Å²) in [4.78, 5) is 12.1. The fraction of sp³-hybridized carbons (Fsp3) is 0.316. The normalized spacial score (nSPS) is 10.5. The maximum Gasteiger partial charge on any atom is 0.319 e. The summed E-state index contributed by atoms with van der Waals surface area (Å²) in [6.45, 7) is 4.75. The lowest BCUT2D eigenvalue weighted by Gasteiger charge is -2.13. The Morgan fingerprint density at radius 1 is 1.17 bits per heavy atom. The van der Waals surface area contributed by atoms with Crippen LogP contribution in [0.5, 0.6) is 5.75 Å². The molecule has 5 nitrogen and oxygen atoms in total. The van der Waals surface area contributed by atoms with Crippen molar-refractivity contribution >= 4 is 11.7 Å². The van der Waals surface area contributed by atoms with Gasteiger partial charge in [-0.15, -0.1) is 0 Å². The summed E-state index contributed by atoms with van der Waals surface area (Å²) in [5.41, 5.74) is 2.80. The third kappa shape index (κ3) is 5.28. The average molecular weight is 328 g/mol. The van der Waals surface area contributed by atoms with Gasteiger partial charge in [-0.2, -0.15) is 0 Å². The van der Waals surface area contributed by atoms with Crippen LogP contribution in [-0.4, -0.2) is 24.4 Å². The van der Waals surface area contributed by atoms with Gasteiger partial charge in [0.15, 0.2) is 0 Å². The van der Waals surface area contributed by atoms with Crippen molar-refractivity contribution in [2.45, 2.75) is 26.3 Å². The average Bonchev–Trinajstić information content (AvgIpc) is 2.59. The first-order valence-electron chi connectivity index (χ1n) is 8.06. The molecule has 5 heteroatoms. The third-order valence-corrected chi connectivity index (χ3v) is 3.57. The van der Waals surface area contributed by atoms with Crippen LogP contribution in [0, 0.1) is 0 Å². The van der Waals surface area contributed by atoms with Crippen LogP contribution in [0.3, 0.4) is 0 Å². The standard InChI is InChI=1S/C19H24N2O3/c1-14(2)15-7-5-8-17(12-15)21-19(23)20-13-16-6-3-4-9-18(16)24-11-10-22/h3-9,12,14,22H,10-11,13H2,1-2H3,(H2,20,21,23). The third-order valence-electron chi connectivity index (χ3n) is 3.57. The Balaban J connectivity index is 1.93. The molecule has 0 unspecified atom stereocenters. The molecule has 0 atom stereocenters. The molecule has 2 aromatic rings. The summed E-state index contributed by atoms with van der Waals surface area (Å²) in [7, 11) is 0. The van der Waals surface area contributed by atoms with Crippen molar-refractivity contribution in [1.82, 2.24) is 5.32 Å². The number of aliphatic hydroxyl groups is 1. The van der Waals surface area contributed by atoms with E-state index in [4.69, 9.17) is 9.84 Å². The molecular weight excluding hydrogens is 304 g/mol. The van der Waals surface area contributed by atoms with Crippen molar-refractivity contribution in [2.75, 3.05) is 18.5 Å². The lowest BCUT2D eigenvalue weighted by atomic mass is 10.0. The highest BCUT2D eigenvalue weighted by atomic mass is 16.5. The van der Waals surface area contributed by atoms with Gasteiger partial charge in [0.1, 0.15) is 12.4 Å². The van der Waals surface area contributed by atoms with Gasteiger partial charge < -0.3 is 20.5 Å². The van der Waals surface area contributed by atoms with E-state index in [1.807, 2.05) is 48.5 Å². The zero-order chi connectivity index (χ0) is 17.4. The Bertz CT molecular complexity index is 671. The van der Waals surface area contributed by atoms with Crippen molar-refractivity contribution in [1.29, 1.82) is 0 Å². The molecule has 2 aromatic carbocycles. The molecule has 0 aromatic heterocycles. The first-order valence-corrected chi connectivity index (χ1v) is 8.06. The van der Waals surface area contributed by atoms with E-state index in [1.54, 1.807) is 0 Å². The lowest BCUT2D eigenvalue weighted by Crippen LogP contribution is -2.28. The number of para-hydroxylation sites is 1. The van der Waals surface area contributed by atoms with Gasteiger partial charge in [-0.05, 0) is 29.7 Å². The number of urea groups is 1. The van der Waals surface area contributed by atoms with Gasteiger partial charge >= 0.3 is 6.03 Å². The van der Waals surface area contributed by atoms with Crippen LogP contribution < -0.4 is 15.4 Å². The maximum absolute atomic E-state index is 12.1. The summed E-state index contributed by atoms with van der Waals surface area (Å²) in [5.74, 6) is 1.07. The quantitative estimate of drug-likeness (QED) is 0.728. The molecule has 2 rings (SSSR count). The minimum Gasteiger partial charge on any atom is -0.491 e.